The van der Waals surface area contributed by atoms with Gasteiger partial charge in [0.2, 0.25) is 5.91 Å². The van der Waals surface area contributed by atoms with E-state index in [4.69, 9.17) is 5.11 Å². The molecule has 6 nitrogen and oxygen atoms in total. The van der Waals surface area contributed by atoms with Gasteiger partial charge in [-0.2, -0.15) is 0 Å². The Hall–Kier alpha value is -1.89. The number of amides is 2. The number of nitrogens with one attached hydrogen (secondary N) is 2. The molecule has 0 saturated heterocycles. The molecule has 1 unspecified atom stereocenters. The summed E-state index contributed by atoms with van der Waals surface area (Å²) in [6, 6.07) is 0.720. The first kappa shape index (κ1) is 17.2. The summed E-state index contributed by atoms with van der Waals surface area (Å²) in [5, 5.41) is 14.7. The second-order valence-electron chi connectivity index (χ2n) is 5.02. The Kier molecular flexibility index (Phi) is 5.90. The van der Waals surface area contributed by atoms with E-state index >= 15 is 0 Å². The van der Waals surface area contributed by atoms with Gasteiger partial charge >= 0.3 is 5.97 Å². The molecular weight excluding hydrogens is 292 g/mol. The van der Waals surface area contributed by atoms with Gasteiger partial charge in [0.25, 0.3) is 5.91 Å². The zero-order chi connectivity index (χ0) is 16.2. The lowest BCUT2D eigenvalue weighted by Gasteiger charge is -2.17. The molecule has 0 radical (unpaired) electrons. The van der Waals surface area contributed by atoms with E-state index in [-0.39, 0.29) is 11.8 Å². The predicted octanol–water partition coefficient (Wildman–Crippen LogP) is 2.11. The molecule has 116 valence electrons. The fourth-order valence-electron chi connectivity index (χ4n) is 1.77. The Balaban J connectivity index is 3.02. The molecule has 3 N–H and O–H groups in total. The fourth-order valence-corrected chi connectivity index (χ4v) is 2.81. The molecular formula is C14H20N2O4S. The highest BCUT2D eigenvalue weighted by Crippen LogP contribution is 2.28. The molecule has 1 aromatic rings. The van der Waals surface area contributed by atoms with E-state index in [0.717, 1.165) is 11.3 Å². The molecule has 2 amide bonds. The van der Waals surface area contributed by atoms with Crippen molar-refractivity contribution in [3.05, 3.63) is 16.5 Å². The lowest BCUT2D eigenvalue weighted by molar-refractivity contribution is -0.140. The number of hydrogen-bond donors (Lipinski definition) is 3. The monoisotopic (exact) mass is 312 g/mol. The quantitative estimate of drug-likeness (QED) is 0.749. The van der Waals surface area contributed by atoms with Crippen molar-refractivity contribution in [2.45, 2.75) is 40.2 Å². The van der Waals surface area contributed by atoms with Gasteiger partial charge in [0.05, 0.1) is 5.56 Å². The molecule has 0 aromatic carbocycles. The molecule has 0 aliphatic carbocycles. The molecule has 0 saturated carbocycles. The summed E-state index contributed by atoms with van der Waals surface area (Å²) >= 11 is 1.32. The summed E-state index contributed by atoms with van der Waals surface area (Å²) in [6.07, 6.45) is 0.733. The van der Waals surface area contributed by atoms with Crippen molar-refractivity contribution in [3.8, 4) is 0 Å². The number of aryl methyl sites for hydroxylation is 1. The van der Waals surface area contributed by atoms with E-state index in [1.165, 1.54) is 18.3 Å². The first-order valence-electron chi connectivity index (χ1n) is 6.70. The zero-order valence-corrected chi connectivity index (χ0v) is 13.3. The number of carbonyl (C=O) groups excluding carboxylic acids is 2. The lowest BCUT2D eigenvalue weighted by atomic mass is 10.0. The van der Waals surface area contributed by atoms with E-state index in [1.54, 1.807) is 19.9 Å². The Labute approximate surface area is 127 Å². The van der Waals surface area contributed by atoms with Crippen LogP contribution in [0.1, 0.15) is 42.9 Å². The molecule has 0 aliphatic rings. The number of thiophene rings is 1. The van der Waals surface area contributed by atoms with Gasteiger partial charge in [-0.3, -0.25) is 9.59 Å². The first-order valence-corrected chi connectivity index (χ1v) is 7.51. The molecule has 1 rings (SSSR count). The number of hydrogen-bond acceptors (Lipinski definition) is 4. The average molecular weight is 312 g/mol. The summed E-state index contributed by atoms with van der Waals surface area (Å²) in [5.74, 6) is -2.08. The van der Waals surface area contributed by atoms with Gasteiger partial charge in [-0.1, -0.05) is 20.8 Å². The maximum atomic E-state index is 12.3. The summed E-state index contributed by atoms with van der Waals surface area (Å²) < 4.78 is 0. The van der Waals surface area contributed by atoms with Crippen LogP contribution in [0.25, 0.3) is 0 Å². The van der Waals surface area contributed by atoms with Crippen LogP contribution in [0.2, 0.25) is 0 Å². The van der Waals surface area contributed by atoms with E-state index < -0.39 is 17.9 Å². The Morgan fingerprint density at radius 2 is 1.95 bits per heavy atom. The van der Waals surface area contributed by atoms with Gasteiger partial charge < -0.3 is 15.7 Å². The Bertz CT molecular complexity index is 551. The SMILES string of the molecule is CCc1cc(C(=O)NC(C(=O)O)C(C)C)c(NC(C)=O)s1. The van der Waals surface area contributed by atoms with Crippen LogP contribution >= 0.6 is 11.3 Å². The van der Waals surface area contributed by atoms with Crippen LogP contribution in [0.15, 0.2) is 6.07 Å². The van der Waals surface area contributed by atoms with Crippen molar-refractivity contribution >= 4 is 34.1 Å². The highest BCUT2D eigenvalue weighted by atomic mass is 32.1. The average Bonchev–Trinajstić information content (AvgIpc) is 2.77. The molecule has 1 aromatic heterocycles. The minimum Gasteiger partial charge on any atom is -0.480 e. The van der Waals surface area contributed by atoms with Gasteiger partial charge in [0.1, 0.15) is 11.0 Å². The standard InChI is InChI=1S/C14H20N2O4S/c1-5-9-6-10(13(21-9)15-8(4)17)12(18)16-11(7(2)3)14(19)20/h6-7,11H,5H2,1-4H3,(H,15,17)(H,16,18)(H,19,20). The van der Waals surface area contributed by atoms with Crippen LogP contribution in [0, 0.1) is 5.92 Å². The first-order chi connectivity index (χ1) is 9.76. The largest absolute Gasteiger partial charge is 0.480 e. The van der Waals surface area contributed by atoms with Crippen molar-refractivity contribution < 1.29 is 19.5 Å². The Morgan fingerprint density at radius 1 is 1.33 bits per heavy atom. The zero-order valence-electron chi connectivity index (χ0n) is 12.5. The minimum absolute atomic E-state index is 0.236. The molecule has 0 bridgehead atoms. The normalized spacial score (nSPS) is 12.0. The molecule has 21 heavy (non-hydrogen) atoms. The second kappa shape index (κ2) is 7.21. The molecule has 1 heterocycles. The number of rotatable bonds is 6. The van der Waals surface area contributed by atoms with Gasteiger partial charge in [-0.15, -0.1) is 11.3 Å². The number of aliphatic carboxylic acids is 1. The fraction of sp³-hybridized carbons (Fsp3) is 0.500. The van der Waals surface area contributed by atoms with Gasteiger partial charge in [-0.25, -0.2) is 4.79 Å². The third-order valence-corrected chi connectivity index (χ3v) is 4.08. The van der Waals surface area contributed by atoms with Gasteiger partial charge in [0, 0.05) is 11.8 Å². The second-order valence-corrected chi connectivity index (χ2v) is 6.16. The summed E-state index contributed by atoms with van der Waals surface area (Å²) in [5.41, 5.74) is 0.305. The molecule has 0 aliphatic heterocycles. The third kappa shape index (κ3) is 4.56. The van der Waals surface area contributed by atoms with Crippen LogP contribution < -0.4 is 10.6 Å². The predicted molar refractivity (Wildman–Crippen MR) is 81.7 cm³/mol. The van der Waals surface area contributed by atoms with Crippen molar-refractivity contribution in [2.75, 3.05) is 5.32 Å². The van der Waals surface area contributed by atoms with Crippen molar-refractivity contribution in [3.63, 3.8) is 0 Å². The summed E-state index contributed by atoms with van der Waals surface area (Å²) in [7, 11) is 0. The maximum Gasteiger partial charge on any atom is 0.326 e. The van der Waals surface area contributed by atoms with E-state index in [1.807, 2.05) is 6.92 Å². The summed E-state index contributed by atoms with van der Waals surface area (Å²) in [6.45, 7) is 6.75. The molecule has 1 atom stereocenters. The van der Waals surface area contributed by atoms with Crippen LogP contribution in [-0.2, 0) is 16.0 Å². The molecule has 0 fully saturated rings. The van der Waals surface area contributed by atoms with E-state index in [0.29, 0.717) is 10.6 Å². The van der Waals surface area contributed by atoms with E-state index in [2.05, 4.69) is 10.6 Å². The lowest BCUT2D eigenvalue weighted by Crippen LogP contribution is -2.44. The van der Waals surface area contributed by atoms with Crippen molar-refractivity contribution in [1.82, 2.24) is 5.32 Å². The summed E-state index contributed by atoms with van der Waals surface area (Å²) in [4.78, 5) is 35.6. The van der Waals surface area contributed by atoms with Crippen molar-refractivity contribution in [2.24, 2.45) is 5.92 Å². The number of carbonyl (C=O) groups is 3. The highest BCUT2D eigenvalue weighted by molar-refractivity contribution is 7.16. The molecule has 0 spiro atoms. The van der Waals surface area contributed by atoms with Crippen LogP contribution in [-0.4, -0.2) is 28.9 Å². The third-order valence-electron chi connectivity index (χ3n) is 2.89. The maximum absolute atomic E-state index is 12.3. The number of carboxylic acids is 1. The minimum atomic E-state index is -1.08. The topological polar surface area (TPSA) is 95.5 Å². The van der Waals surface area contributed by atoms with E-state index in [9.17, 15) is 14.4 Å². The van der Waals surface area contributed by atoms with Crippen LogP contribution in [0.3, 0.4) is 0 Å². The smallest absolute Gasteiger partial charge is 0.326 e. The number of anilines is 1. The highest BCUT2D eigenvalue weighted by Gasteiger charge is 2.26. The number of carboxylic acid groups (broad SMARTS) is 1. The molecule has 7 heteroatoms. The van der Waals surface area contributed by atoms with Crippen LogP contribution in [0.5, 0.6) is 0 Å². The Morgan fingerprint density at radius 3 is 2.38 bits per heavy atom. The van der Waals surface area contributed by atoms with Gasteiger partial charge in [0.15, 0.2) is 0 Å². The van der Waals surface area contributed by atoms with Crippen LogP contribution in [0.4, 0.5) is 5.00 Å². The van der Waals surface area contributed by atoms with Crippen molar-refractivity contribution in [1.29, 1.82) is 0 Å². The van der Waals surface area contributed by atoms with Gasteiger partial charge in [-0.05, 0) is 18.4 Å².